The zero-order valence-corrected chi connectivity index (χ0v) is 32.5. The van der Waals surface area contributed by atoms with Crippen LogP contribution >= 0.6 is 0 Å². The molecule has 0 atom stereocenters. The van der Waals surface area contributed by atoms with Crippen LogP contribution in [0.25, 0.3) is 107 Å². The first-order valence-corrected chi connectivity index (χ1v) is 19.8. The molecule has 286 valence electrons. The molecule has 0 unspecified atom stereocenters. The predicted molar refractivity (Wildman–Crippen MR) is 246 cm³/mol. The van der Waals surface area contributed by atoms with E-state index in [1.165, 1.54) is 0 Å². The van der Waals surface area contributed by atoms with E-state index in [1.54, 1.807) is 0 Å². The van der Waals surface area contributed by atoms with Crippen molar-refractivity contribution in [2.75, 3.05) is 0 Å². The molecule has 0 amide bonds. The summed E-state index contributed by atoms with van der Waals surface area (Å²) in [7, 11) is 0. The molecule has 0 aliphatic carbocycles. The van der Waals surface area contributed by atoms with Gasteiger partial charge in [-0.2, -0.15) is 0 Å². The lowest BCUT2D eigenvalue weighted by molar-refractivity contribution is 1.06. The number of nitrogens with zero attached hydrogens (tertiary/aromatic N) is 7. The van der Waals surface area contributed by atoms with Gasteiger partial charge in [-0.3, -0.25) is 0 Å². The lowest BCUT2D eigenvalue weighted by Gasteiger charge is -2.16. The summed E-state index contributed by atoms with van der Waals surface area (Å²) in [6, 6.07) is 57.6. The molecule has 0 N–H and O–H groups in total. The average Bonchev–Trinajstić information content (AvgIpc) is 3.72. The van der Waals surface area contributed by atoms with Crippen molar-refractivity contribution in [1.29, 1.82) is 0 Å². The third-order valence-corrected chi connectivity index (χ3v) is 10.6. The normalized spacial score (nSPS) is 12.4. The maximum Gasteiger partial charge on any atom is 0.166 e. The van der Waals surface area contributed by atoms with Crippen molar-refractivity contribution < 1.29 is 6.85 Å². The number of para-hydroxylation sites is 1. The van der Waals surface area contributed by atoms with Crippen LogP contribution in [0.3, 0.4) is 0 Å². The summed E-state index contributed by atoms with van der Waals surface area (Å²) < 4.78 is 45.2. The summed E-state index contributed by atoms with van der Waals surface area (Å²) in [4.78, 5) is 30.0. The molecule has 0 aliphatic rings. The maximum absolute atomic E-state index is 8.86. The molecule has 0 aliphatic heterocycles. The van der Waals surface area contributed by atoms with Crippen molar-refractivity contribution in [2.24, 2.45) is 0 Å². The minimum atomic E-state index is -0.505. The second kappa shape index (κ2) is 15.4. The monoisotopic (exact) mass is 786 g/mol. The molecule has 7 heteroatoms. The molecular formula is C54H35N7. The van der Waals surface area contributed by atoms with E-state index in [9.17, 15) is 0 Å². The Kier molecular flexibility index (Phi) is 7.73. The average molecular weight is 787 g/mol. The number of fused-ring (bicyclic) bond motifs is 3. The van der Waals surface area contributed by atoms with Gasteiger partial charge in [0.1, 0.15) is 0 Å². The first-order chi connectivity index (χ1) is 32.3. The largest absolute Gasteiger partial charge is 0.308 e. The van der Waals surface area contributed by atoms with E-state index in [4.69, 9.17) is 36.8 Å². The number of benzene rings is 8. The molecule has 0 saturated heterocycles. The van der Waals surface area contributed by atoms with E-state index < -0.39 is 30.2 Å². The van der Waals surface area contributed by atoms with Gasteiger partial charge in [0, 0.05) is 44.2 Å². The van der Waals surface area contributed by atoms with Gasteiger partial charge in [0.25, 0.3) is 0 Å². The molecule has 11 rings (SSSR count). The van der Waals surface area contributed by atoms with Crippen LogP contribution in [-0.2, 0) is 0 Å². The molecule has 3 heterocycles. The first-order valence-electron chi connectivity index (χ1n) is 22.3. The minimum absolute atomic E-state index is 0.0600. The molecule has 0 bridgehead atoms. The van der Waals surface area contributed by atoms with E-state index in [-0.39, 0.29) is 23.0 Å². The van der Waals surface area contributed by atoms with E-state index in [2.05, 4.69) is 53.1 Å². The molecule has 3 aromatic heterocycles. The molecule has 0 spiro atoms. The lowest BCUT2D eigenvalue weighted by atomic mass is 9.99. The van der Waals surface area contributed by atoms with Gasteiger partial charge in [-0.25, -0.2) is 29.9 Å². The summed E-state index contributed by atoms with van der Waals surface area (Å²) in [6.07, 6.45) is 0. The van der Waals surface area contributed by atoms with Crippen LogP contribution in [0.15, 0.2) is 212 Å². The van der Waals surface area contributed by atoms with Crippen LogP contribution < -0.4 is 0 Å². The standard InChI is InChI=1S/C54H35N7/c1-6-19-36(20-7-1)42-30-18-32-47-48(42)43-29-16-17-31-45(43)61(47)46-34-33-41(53-57-49(37-21-8-2-9-22-37)55-50(58-53)38-23-10-3-11-24-38)35-44(46)54-59-51(39-25-12-4-13-26-39)56-52(60-54)40-27-14-5-15-28-40/h1-35H/i2D,8D,9D,21D,22D. The van der Waals surface area contributed by atoms with Gasteiger partial charge in [-0.15, -0.1) is 0 Å². The Morgan fingerprint density at radius 2 is 0.787 bits per heavy atom. The number of hydrogen-bond donors (Lipinski definition) is 0. The van der Waals surface area contributed by atoms with Crippen LogP contribution in [0.4, 0.5) is 0 Å². The Morgan fingerprint density at radius 1 is 0.328 bits per heavy atom. The second-order valence-electron chi connectivity index (χ2n) is 14.4. The van der Waals surface area contributed by atoms with Crippen molar-refractivity contribution in [3.05, 3.63) is 212 Å². The number of rotatable bonds is 8. The van der Waals surface area contributed by atoms with Gasteiger partial charge in [0.15, 0.2) is 34.9 Å². The molecule has 8 aromatic carbocycles. The fourth-order valence-electron chi connectivity index (χ4n) is 7.81. The predicted octanol–water partition coefficient (Wildman–Crippen LogP) is 12.8. The highest BCUT2D eigenvalue weighted by molar-refractivity contribution is 6.16. The van der Waals surface area contributed by atoms with E-state index in [1.807, 2.05) is 133 Å². The van der Waals surface area contributed by atoms with Gasteiger partial charge in [-0.1, -0.05) is 182 Å². The zero-order valence-electron chi connectivity index (χ0n) is 37.5. The second-order valence-corrected chi connectivity index (χ2v) is 14.4. The Morgan fingerprint density at radius 3 is 1.36 bits per heavy atom. The van der Waals surface area contributed by atoms with E-state index in [0.717, 1.165) is 49.7 Å². The highest BCUT2D eigenvalue weighted by Crippen LogP contribution is 2.41. The van der Waals surface area contributed by atoms with Crippen molar-refractivity contribution in [3.8, 4) is 85.1 Å². The van der Waals surface area contributed by atoms with Gasteiger partial charge in [-0.05, 0) is 41.5 Å². The number of hydrogen-bond acceptors (Lipinski definition) is 6. The quantitative estimate of drug-likeness (QED) is 0.153. The summed E-state index contributed by atoms with van der Waals surface area (Å²) in [6.45, 7) is 0. The Balaban J connectivity index is 1.23. The zero-order chi connectivity index (χ0) is 44.9. The molecule has 7 nitrogen and oxygen atoms in total. The highest BCUT2D eigenvalue weighted by Gasteiger charge is 2.23. The fraction of sp³-hybridized carbons (Fsp3) is 0. The van der Waals surface area contributed by atoms with Crippen LogP contribution in [0.1, 0.15) is 6.85 Å². The molecule has 61 heavy (non-hydrogen) atoms. The van der Waals surface area contributed by atoms with Crippen molar-refractivity contribution in [2.45, 2.75) is 0 Å². The van der Waals surface area contributed by atoms with Crippen LogP contribution in [0, 0.1) is 0 Å². The van der Waals surface area contributed by atoms with Crippen molar-refractivity contribution in [3.63, 3.8) is 0 Å². The van der Waals surface area contributed by atoms with Gasteiger partial charge >= 0.3 is 0 Å². The molecule has 0 fully saturated rings. The first kappa shape index (κ1) is 30.6. The van der Waals surface area contributed by atoms with Gasteiger partial charge in [0.2, 0.25) is 0 Å². The smallest absolute Gasteiger partial charge is 0.166 e. The number of aromatic nitrogens is 7. The van der Waals surface area contributed by atoms with Crippen LogP contribution in [-0.4, -0.2) is 34.5 Å². The summed E-state index contributed by atoms with van der Waals surface area (Å²) in [5.74, 6) is 1.79. The molecule has 0 saturated carbocycles. The van der Waals surface area contributed by atoms with Gasteiger partial charge in [0.05, 0.1) is 23.6 Å². The minimum Gasteiger partial charge on any atom is -0.308 e. The molecular weight excluding hydrogens is 747 g/mol. The Hall–Kier alpha value is -8.42. The summed E-state index contributed by atoms with van der Waals surface area (Å²) in [5, 5.41) is 2.16. The van der Waals surface area contributed by atoms with Crippen LogP contribution in [0.5, 0.6) is 0 Å². The Bertz CT molecular complexity index is 3560. The molecule has 0 radical (unpaired) electrons. The third-order valence-electron chi connectivity index (χ3n) is 10.6. The van der Waals surface area contributed by atoms with Crippen molar-refractivity contribution in [1.82, 2.24) is 34.5 Å². The SMILES string of the molecule is [2H]c1c([2H])c([2H])c(-c2nc(-c3ccccc3)nc(-c3ccc(-n4c5ccccc5c5c(-c6ccccc6)cccc54)c(-c4nc(-c5ccccc5)nc(-c5ccccc5)n4)c3)n2)c([2H])c1[2H]. The van der Waals surface area contributed by atoms with Gasteiger partial charge < -0.3 is 4.57 Å². The van der Waals surface area contributed by atoms with Crippen molar-refractivity contribution >= 4 is 21.8 Å². The molecule has 11 aromatic rings. The lowest BCUT2D eigenvalue weighted by Crippen LogP contribution is -2.05. The van der Waals surface area contributed by atoms with E-state index in [0.29, 0.717) is 34.2 Å². The summed E-state index contributed by atoms with van der Waals surface area (Å²) >= 11 is 0. The highest BCUT2D eigenvalue weighted by atomic mass is 15.1. The van der Waals surface area contributed by atoms with E-state index >= 15 is 0 Å². The topological polar surface area (TPSA) is 82.3 Å². The fourth-order valence-corrected chi connectivity index (χ4v) is 7.81. The maximum atomic E-state index is 8.86. The summed E-state index contributed by atoms with van der Waals surface area (Å²) in [5.41, 5.74) is 8.27. The third kappa shape index (κ3) is 6.70. The Labute approximate surface area is 359 Å². The van der Waals surface area contributed by atoms with Crippen LogP contribution in [0.2, 0.25) is 0 Å².